The molecule has 2 aliphatic heterocycles. The fourth-order valence-corrected chi connectivity index (χ4v) is 5.23. The van der Waals surface area contributed by atoms with Crippen LogP contribution in [0, 0.1) is 0 Å². The van der Waals surface area contributed by atoms with E-state index in [1.165, 1.54) is 22.3 Å². The van der Waals surface area contributed by atoms with Gasteiger partial charge in [0.1, 0.15) is 6.04 Å². The summed E-state index contributed by atoms with van der Waals surface area (Å²) in [4.78, 5) is 2.33. The molecule has 4 aromatic rings. The van der Waals surface area contributed by atoms with Gasteiger partial charge in [0.25, 0.3) is 0 Å². The van der Waals surface area contributed by atoms with Crippen molar-refractivity contribution in [2.24, 2.45) is 10.2 Å². The van der Waals surface area contributed by atoms with Crippen molar-refractivity contribution in [3.05, 3.63) is 137 Å². The summed E-state index contributed by atoms with van der Waals surface area (Å²) in [6, 6.07) is 40.2. The van der Waals surface area contributed by atoms with Crippen LogP contribution in [0.25, 0.3) is 16.8 Å². The smallest absolute Gasteiger partial charge is 0.195 e. The van der Waals surface area contributed by atoms with Crippen molar-refractivity contribution in [2.45, 2.75) is 6.04 Å². The number of nitrogens with zero attached hydrogens (tertiary/aromatic N) is 3. The van der Waals surface area contributed by atoms with Gasteiger partial charge in [-0.25, -0.2) is 0 Å². The van der Waals surface area contributed by atoms with Gasteiger partial charge in [0, 0.05) is 11.0 Å². The molecule has 0 aliphatic carbocycles. The Labute approximate surface area is 197 Å². The molecule has 0 saturated carbocycles. The van der Waals surface area contributed by atoms with Crippen molar-refractivity contribution in [1.82, 2.24) is 4.90 Å². The van der Waals surface area contributed by atoms with Crippen LogP contribution in [-0.2, 0) is 0 Å². The maximum atomic E-state index is 4.69. The predicted molar refractivity (Wildman–Crippen MR) is 139 cm³/mol. The minimum atomic E-state index is -0.0452. The lowest BCUT2D eigenvalue weighted by Crippen LogP contribution is -2.37. The van der Waals surface area contributed by atoms with E-state index in [2.05, 4.69) is 119 Å². The SMILES string of the molecule is C1=C(c2ccc(-c3ccccc3)cc2)N2C(=NN=C(c3ccccc3)C2c2ccccc2)S1. The third-order valence-electron chi connectivity index (χ3n) is 5.97. The molecule has 4 aromatic carbocycles. The highest BCUT2D eigenvalue weighted by molar-refractivity contribution is 8.16. The van der Waals surface area contributed by atoms with Crippen LogP contribution in [-0.4, -0.2) is 15.8 Å². The van der Waals surface area contributed by atoms with Gasteiger partial charge < -0.3 is 4.90 Å². The molecule has 2 aliphatic rings. The molecule has 0 spiro atoms. The van der Waals surface area contributed by atoms with Crippen molar-refractivity contribution in [3.8, 4) is 11.1 Å². The fraction of sp³-hybridized carbons (Fsp3) is 0.0345. The third kappa shape index (κ3) is 3.69. The first kappa shape index (κ1) is 19.8. The molecule has 3 nitrogen and oxygen atoms in total. The first-order valence-corrected chi connectivity index (χ1v) is 11.8. The number of hydrogen-bond acceptors (Lipinski definition) is 4. The summed E-state index contributed by atoms with van der Waals surface area (Å²) in [5.41, 5.74) is 7.99. The van der Waals surface area contributed by atoms with Crippen molar-refractivity contribution < 1.29 is 0 Å². The van der Waals surface area contributed by atoms with E-state index in [4.69, 9.17) is 5.10 Å². The van der Waals surface area contributed by atoms with E-state index in [-0.39, 0.29) is 6.04 Å². The zero-order valence-corrected chi connectivity index (χ0v) is 18.7. The monoisotopic (exact) mass is 443 g/mol. The van der Waals surface area contributed by atoms with Crippen LogP contribution >= 0.6 is 11.8 Å². The van der Waals surface area contributed by atoms with Crippen molar-refractivity contribution in [3.63, 3.8) is 0 Å². The van der Waals surface area contributed by atoms with Crippen molar-refractivity contribution in [1.29, 1.82) is 0 Å². The highest BCUT2D eigenvalue weighted by Crippen LogP contribution is 2.43. The second kappa shape index (κ2) is 8.57. The highest BCUT2D eigenvalue weighted by atomic mass is 32.2. The molecule has 33 heavy (non-hydrogen) atoms. The Balaban J connectivity index is 1.41. The summed E-state index contributed by atoms with van der Waals surface area (Å²) in [6.07, 6.45) is 0. The largest absolute Gasteiger partial charge is 0.305 e. The zero-order valence-electron chi connectivity index (χ0n) is 17.9. The van der Waals surface area contributed by atoms with E-state index in [9.17, 15) is 0 Å². The number of rotatable bonds is 4. The van der Waals surface area contributed by atoms with Gasteiger partial charge in [-0.15, -0.1) is 10.2 Å². The minimum Gasteiger partial charge on any atom is -0.305 e. The van der Waals surface area contributed by atoms with Crippen LogP contribution < -0.4 is 0 Å². The molecular formula is C29H21N3S. The fourth-order valence-electron chi connectivity index (χ4n) is 4.36. The van der Waals surface area contributed by atoms with E-state index in [0.717, 1.165) is 22.1 Å². The number of amidine groups is 1. The van der Waals surface area contributed by atoms with Crippen LogP contribution in [0.4, 0.5) is 0 Å². The Morgan fingerprint density at radius 3 is 1.76 bits per heavy atom. The molecule has 4 heteroatoms. The van der Waals surface area contributed by atoms with Crippen LogP contribution in [0.2, 0.25) is 0 Å². The lowest BCUT2D eigenvalue weighted by atomic mass is 9.93. The first-order valence-electron chi connectivity index (χ1n) is 11.0. The summed E-state index contributed by atoms with van der Waals surface area (Å²) in [5.74, 6) is 0. The van der Waals surface area contributed by atoms with Gasteiger partial charge in [-0.1, -0.05) is 127 Å². The highest BCUT2D eigenvalue weighted by Gasteiger charge is 2.38. The Kier molecular flexibility index (Phi) is 5.13. The summed E-state index contributed by atoms with van der Waals surface area (Å²) in [7, 11) is 0. The molecule has 0 saturated heterocycles. The van der Waals surface area contributed by atoms with Crippen LogP contribution in [0.3, 0.4) is 0 Å². The zero-order chi connectivity index (χ0) is 22.0. The lowest BCUT2D eigenvalue weighted by Gasteiger charge is -2.35. The second-order valence-corrected chi connectivity index (χ2v) is 8.82. The molecule has 0 N–H and O–H groups in total. The van der Waals surface area contributed by atoms with E-state index in [1.807, 2.05) is 12.1 Å². The lowest BCUT2D eigenvalue weighted by molar-refractivity contribution is 0.532. The molecule has 158 valence electrons. The Morgan fingerprint density at radius 2 is 1.09 bits per heavy atom. The van der Waals surface area contributed by atoms with Crippen LogP contribution in [0.5, 0.6) is 0 Å². The summed E-state index contributed by atoms with van der Waals surface area (Å²) < 4.78 is 0. The number of thioether (sulfide) groups is 1. The Morgan fingerprint density at radius 1 is 0.545 bits per heavy atom. The first-order chi connectivity index (χ1) is 16.4. The van der Waals surface area contributed by atoms with Gasteiger partial charge in [0.15, 0.2) is 5.17 Å². The van der Waals surface area contributed by atoms with Gasteiger partial charge in [0.05, 0.1) is 11.4 Å². The molecular weight excluding hydrogens is 422 g/mol. The van der Waals surface area contributed by atoms with E-state index >= 15 is 0 Å². The third-order valence-corrected chi connectivity index (χ3v) is 6.80. The summed E-state index contributed by atoms with van der Waals surface area (Å²) in [5, 5.41) is 12.4. The number of fused-ring (bicyclic) bond motifs is 1. The molecule has 1 atom stereocenters. The summed E-state index contributed by atoms with van der Waals surface area (Å²) in [6.45, 7) is 0. The second-order valence-electron chi connectivity index (χ2n) is 7.98. The standard InChI is InChI=1S/C29H21N3S/c1-4-10-21(11-5-1)22-16-18-23(19-17-22)26-20-33-29-31-30-27(24-12-6-2-7-13-24)28(32(26)29)25-14-8-3-9-15-25/h1-20,28H. The maximum Gasteiger partial charge on any atom is 0.195 e. The van der Waals surface area contributed by atoms with Gasteiger partial charge in [-0.3, -0.25) is 0 Å². The molecule has 0 fully saturated rings. The topological polar surface area (TPSA) is 28.0 Å². The van der Waals surface area contributed by atoms with Gasteiger partial charge in [0.2, 0.25) is 0 Å². The van der Waals surface area contributed by atoms with Crippen LogP contribution in [0.15, 0.2) is 131 Å². The summed E-state index contributed by atoms with van der Waals surface area (Å²) >= 11 is 1.63. The quantitative estimate of drug-likeness (QED) is 0.333. The molecule has 0 amide bonds. The Bertz CT molecular complexity index is 1360. The van der Waals surface area contributed by atoms with Gasteiger partial charge in [-0.2, -0.15) is 0 Å². The average Bonchev–Trinajstić information content (AvgIpc) is 3.34. The van der Waals surface area contributed by atoms with E-state index in [1.54, 1.807) is 11.8 Å². The molecule has 0 bridgehead atoms. The molecule has 2 heterocycles. The predicted octanol–water partition coefficient (Wildman–Crippen LogP) is 7.22. The minimum absolute atomic E-state index is 0.0452. The number of benzene rings is 4. The van der Waals surface area contributed by atoms with E-state index in [0.29, 0.717) is 0 Å². The molecule has 0 aromatic heterocycles. The Hall–Kier alpha value is -3.89. The van der Waals surface area contributed by atoms with Gasteiger partial charge >= 0.3 is 0 Å². The van der Waals surface area contributed by atoms with Crippen molar-refractivity contribution >= 4 is 28.3 Å². The van der Waals surface area contributed by atoms with Crippen molar-refractivity contribution in [2.75, 3.05) is 0 Å². The van der Waals surface area contributed by atoms with Crippen LogP contribution in [0.1, 0.15) is 22.7 Å². The molecule has 0 radical (unpaired) electrons. The normalized spacial score (nSPS) is 17.2. The molecule has 6 rings (SSSR count). The van der Waals surface area contributed by atoms with Gasteiger partial charge in [-0.05, 0) is 22.3 Å². The average molecular weight is 444 g/mol. The molecule has 1 unspecified atom stereocenters. The number of hydrogen-bond donors (Lipinski definition) is 0. The van der Waals surface area contributed by atoms with E-state index < -0.39 is 0 Å². The maximum absolute atomic E-state index is 4.69.